The predicted molar refractivity (Wildman–Crippen MR) is 88.3 cm³/mol. The molecule has 0 radical (unpaired) electrons. The van der Waals surface area contributed by atoms with Gasteiger partial charge in [-0.2, -0.15) is 0 Å². The Hall–Kier alpha value is -2.79. The number of fused-ring (bicyclic) bond motifs is 1. The summed E-state index contributed by atoms with van der Waals surface area (Å²) in [6.45, 7) is 0. The lowest BCUT2D eigenvalue weighted by Crippen LogP contribution is -1.80. The molecule has 4 rings (SSSR count). The first-order valence-electron chi connectivity index (χ1n) is 6.79. The van der Waals surface area contributed by atoms with E-state index in [0.717, 1.165) is 27.5 Å². The Morgan fingerprint density at radius 3 is 2.73 bits per heavy atom. The highest BCUT2D eigenvalue weighted by Crippen LogP contribution is 2.23. The average molecular weight is 305 g/mol. The van der Waals surface area contributed by atoms with Crippen molar-refractivity contribution < 1.29 is 4.42 Å². The molecule has 0 aliphatic carbocycles. The van der Waals surface area contributed by atoms with Gasteiger partial charge in [-0.25, -0.2) is 9.97 Å². The molecule has 0 unspecified atom stereocenters. The van der Waals surface area contributed by atoms with Crippen LogP contribution < -0.4 is 0 Å². The van der Waals surface area contributed by atoms with Crippen molar-refractivity contribution in [1.82, 2.24) is 15.0 Å². The normalized spacial score (nSPS) is 11.5. The summed E-state index contributed by atoms with van der Waals surface area (Å²) in [4.78, 5) is 13.3. The lowest BCUT2D eigenvalue weighted by atomic mass is 10.3. The Bertz CT molecular complexity index is 908. The summed E-state index contributed by atoms with van der Waals surface area (Å²) in [6.07, 6.45) is 5.50. The summed E-state index contributed by atoms with van der Waals surface area (Å²) >= 11 is 1.57. The number of benzene rings is 1. The highest BCUT2D eigenvalue weighted by Gasteiger charge is 2.04. The van der Waals surface area contributed by atoms with Crippen molar-refractivity contribution in [2.45, 2.75) is 0 Å². The Kier molecular flexibility index (Phi) is 3.25. The van der Waals surface area contributed by atoms with Crippen molar-refractivity contribution in [2.75, 3.05) is 0 Å². The van der Waals surface area contributed by atoms with Crippen molar-refractivity contribution in [1.29, 1.82) is 0 Å². The van der Waals surface area contributed by atoms with Crippen molar-refractivity contribution in [3.63, 3.8) is 0 Å². The summed E-state index contributed by atoms with van der Waals surface area (Å²) in [6, 6.07) is 13.5. The second-order valence-corrected chi connectivity index (χ2v) is 5.50. The zero-order valence-corrected chi connectivity index (χ0v) is 12.3. The Morgan fingerprint density at radius 2 is 1.86 bits per heavy atom. The molecule has 0 spiro atoms. The number of thiazole rings is 1. The third kappa shape index (κ3) is 2.54. The minimum atomic E-state index is 0.577. The molecule has 4 nitrogen and oxygen atoms in total. The van der Waals surface area contributed by atoms with E-state index in [4.69, 9.17) is 4.42 Å². The van der Waals surface area contributed by atoms with Gasteiger partial charge in [0.25, 0.3) is 0 Å². The van der Waals surface area contributed by atoms with Crippen LogP contribution in [0.5, 0.6) is 0 Å². The van der Waals surface area contributed by atoms with Gasteiger partial charge in [-0.3, -0.25) is 4.98 Å². The van der Waals surface area contributed by atoms with Crippen molar-refractivity contribution in [3.8, 4) is 10.7 Å². The molecule has 1 aromatic carbocycles. The molecule has 0 bridgehead atoms. The Labute approximate surface area is 130 Å². The van der Waals surface area contributed by atoms with Gasteiger partial charge in [-0.1, -0.05) is 18.2 Å². The van der Waals surface area contributed by atoms with Crippen LogP contribution in [-0.2, 0) is 0 Å². The molecule has 4 aromatic rings. The first-order chi connectivity index (χ1) is 10.9. The van der Waals surface area contributed by atoms with Gasteiger partial charge >= 0.3 is 0 Å². The van der Waals surface area contributed by atoms with Crippen LogP contribution >= 0.6 is 11.3 Å². The number of aromatic nitrogens is 3. The molecule has 3 aromatic heterocycles. The molecule has 0 fully saturated rings. The van der Waals surface area contributed by atoms with E-state index in [-0.39, 0.29) is 0 Å². The van der Waals surface area contributed by atoms with Gasteiger partial charge in [-0.15, -0.1) is 11.3 Å². The number of hydrogen-bond donors (Lipinski definition) is 0. The van der Waals surface area contributed by atoms with E-state index in [1.807, 2.05) is 60.0 Å². The van der Waals surface area contributed by atoms with Gasteiger partial charge in [0, 0.05) is 17.7 Å². The third-order valence-electron chi connectivity index (χ3n) is 3.11. The van der Waals surface area contributed by atoms with Crippen LogP contribution in [0.1, 0.15) is 11.6 Å². The van der Waals surface area contributed by atoms with Gasteiger partial charge in [-0.05, 0) is 30.3 Å². The van der Waals surface area contributed by atoms with E-state index < -0.39 is 0 Å². The molecule has 5 heteroatoms. The number of pyridine rings is 1. The average Bonchev–Trinajstić information content (AvgIpc) is 3.20. The Morgan fingerprint density at radius 1 is 0.955 bits per heavy atom. The number of nitrogens with zero attached hydrogens (tertiary/aromatic N) is 3. The number of oxazole rings is 1. The van der Waals surface area contributed by atoms with Crippen LogP contribution in [0, 0.1) is 0 Å². The molecule has 22 heavy (non-hydrogen) atoms. The van der Waals surface area contributed by atoms with Crippen LogP contribution in [0.25, 0.3) is 34.0 Å². The molecule has 0 saturated heterocycles. The second-order valence-electron chi connectivity index (χ2n) is 4.65. The summed E-state index contributed by atoms with van der Waals surface area (Å²) < 4.78 is 5.65. The van der Waals surface area contributed by atoms with Crippen LogP contribution in [0.4, 0.5) is 0 Å². The van der Waals surface area contributed by atoms with E-state index in [9.17, 15) is 0 Å². The fourth-order valence-electron chi connectivity index (χ4n) is 2.09. The molecule has 106 valence electrons. The largest absolute Gasteiger partial charge is 0.437 e. The minimum absolute atomic E-state index is 0.577. The molecule has 0 amide bonds. The lowest BCUT2D eigenvalue weighted by molar-refractivity contribution is 0.589. The highest BCUT2D eigenvalue weighted by molar-refractivity contribution is 7.13. The first-order valence-corrected chi connectivity index (χ1v) is 7.67. The molecular weight excluding hydrogens is 294 g/mol. The predicted octanol–water partition coefficient (Wildman–Crippen LogP) is 4.52. The van der Waals surface area contributed by atoms with E-state index in [1.165, 1.54) is 0 Å². The molecule has 0 aliphatic rings. The van der Waals surface area contributed by atoms with Crippen LogP contribution in [-0.4, -0.2) is 15.0 Å². The van der Waals surface area contributed by atoms with Crippen molar-refractivity contribution >= 4 is 34.6 Å². The first kappa shape index (κ1) is 12.9. The quantitative estimate of drug-likeness (QED) is 0.558. The maximum atomic E-state index is 5.65. The molecule has 0 saturated carbocycles. The molecule has 3 heterocycles. The van der Waals surface area contributed by atoms with Crippen LogP contribution in [0.15, 0.2) is 58.5 Å². The summed E-state index contributed by atoms with van der Waals surface area (Å²) in [5, 5.41) is 2.89. The zero-order chi connectivity index (χ0) is 14.8. The minimum Gasteiger partial charge on any atom is -0.437 e. The highest BCUT2D eigenvalue weighted by atomic mass is 32.1. The standard InChI is InChI=1S/C17H11N3OS/c1-2-7-15-13(5-1)20-16(21-15)9-8-12-11-22-17(19-12)14-6-3-4-10-18-14/h1-11H. The SMILES string of the molecule is C(=Cc1nc2ccccc2o1)c1csc(-c2ccccn2)n1. The molecular formula is C17H11N3OS. The summed E-state index contributed by atoms with van der Waals surface area (Å²) in [5.41, 5.74) is 3.39. The molecule has 0 aliphatic heterocycles. The zero-order valence-electron chi connectivity index (χ0n) is 11.5. The van der Waals surface area contributed by atoms with Gasteiger partial charge in [0.2, 0.25) is 5.89 Å². The summed E-state index contributed by atoms with van der Waals surface area (Å²) in [5.74, 6) is 0.577. The van der Waals surface area contributed by atoms with Crippen molar-refractivity contribution in [3.05, 3.63) is 65.6 Å². The number of hydrogen-bond acceptors (Lipinski definition) is 5. The van der Waals surface area contributed by atoms with E-state index in [0.29, 0.717) is 5.89 Å². The number of rotatable bonds is 3. The van der Waals surface area contributed by atoms with E-state index >= 15 is 0 Å². The topological polar surface area (TPSA) is 51.8 Å². The molecule has 0 N–H and O–H groups in total. The lowest BCUT2D eigenvalue weighted by Gasteiger charge is -1.91. The fourth-order valence-corrected chi connectivity index (χ4v) is 2.85. The smallest absolute Gasteiger partial charge is 0.220 e. The fraction of sp³-hybridized carbons (Fsp3) is 0. The van der Waals surface area contributed by atoms with Gasteiger partial charge < -0.3 is 4.42 Å². The maximum absolute atomic E-state index is 5.65. The second kappa shape index (κ2) is 5.54. The summed E-state index contributed by atoms with van der Waals surface area (Å²) in [7, 11) is 0. The van der Waals surface area contributed by atoms with Gasteiger partial charge in [0.15, 0.2) is 5.58 Å². The van der Waals surface area contributed by atoms with Crippen LogP contribution in [0.2, 0.25) is 0 Å². The van der Waals surface area contributed by atoms with E-state index in [2.05, 4.69) is 15.0 Å². The third-order valence-corrected chi connectivity index (χ3v) is 4.00. The van der Waals surface area contributed by atoms with Gasteiger partial charge in [0.1, 0.15) is 10.5 Å². The maximum Gasteiger partial charge on any atom is 0.220 e. The number of para-hydroxylation sites is 2. The van der Waals surface area contributed by atoms with E-state index in [1.54, 1.807) is 17.5 Å². The monoisotopic (exact) mass is 305 g/mol. The Balaban J connectivity index is 1.59. The molecule has 0 atom stereocenters. The van der Waals surface area contributed by atoms with Crippen LogP contribution in [0.3, 0.4) is 0 Å². The van der Waals surface area contributed by atoms with Crippen molar-refractivity contribution in [2.24, 2.45) is 0 Å². The van der Waals surface area contributed by atoms with Gasteiger partial charge in [0.05, 0.1) is 11.4 Å².